The van der Waals surface area contributed by atoms with Gasteiger partial charge < -0.3 is 34.7 Å². The molecule has 4 N–H and O–H groups in total. The lowest BCUT2D eigenvalue weighted by atomic mass is 9.79. The monoisotopic (exact) mass is 592 g/mol. The lowest BCUT2D eigenvalue weighted by Crippen LogP contribution is -2.59. The number of hydrogen-bond acceptors (Lipinski definition) is 9. The van der Waals surface area contributed by atoms with Gasteiger partial charge in [0.25, 0.3) is 5.91 Å². The third-order valence-corrected chi connectivity index (χ3v) is 8.89. The SMILES string of the molecule is CC(C)(C=C(C#N)C(=O)N1CCC[C@@H]1CNC(=O)N[C@H](CB(O)O)c1coc2ccccc12)N1CCN(C2COC2)CC1. The largest absolute Gasteiger partial charge is 0.464 e. The topological polar surface area (TPSA) is 155 Å². The van der Waals surface area contributed by atoms with E-state index in [9.17, 15) is 24.9 Å². The first-order chi connectivity index (χ1) is 20.7. The molecule has 3 fully saturated rings. The van der Waals surface area contributed by atoms with Crippen molar-refractivity contribution in [1.82, 2.24) is 25.3 Å². The molecule has 0 bridgehead atoms. The van der Waals surface area contributed by atoms with Crippen molar-refractivity contribution in [2.75, 3.05) is 52.5 Å². The molecule has 0 aliphatic carbocycles. The number of furan rings is 1. The van der Waals surface area contributed by atoms with Crippen molar-refractivity contribution in [1.29, 1.82) is 5.26 Å². The predicted octanol–water partition coefficient (Wildman–Crippen LogP) is 1.48. The summed E-state index contributed by atoms with van der Waals surface area (Å²) < 4.78 is 10.9. The Morgan fingerprint density at radius 2 is 1.93 bits per heavy atom. The number of carbonyl (C=O) groups excluding carboxylic acids is 2. The van der Waals surface area contributed by atoms with E-state index in [0.717, 1.165) is 51.2 Å². The van der Waals surface area contributed by atoms with Crippen LogP contribution in [0.25, 0.3) is 11.0 Å². The highest BCUT2D eigenvalue weighted by atomic mass is 16.5. The van der Waals surface area contributed by atoms with Crippen LogP contribution in [0.1, 0.15) is 38.3 Å². The predicted molar refractivity (Wildman–Crippen MR) is 161 cm³/mol. The molecular formula is C30H41BN6O6. The van der Waals surface area contributed by atoms with Crippen molar-refractivity contribution < 1.29 is 28.8 Å². The normalized spacial score (nSPS) is 21.3. The number of carbonyl (C=O) groups is 2. The zero-order chi connectivity index (χ0) is 30.6. The third-order valence-electron chi connectivity index (χ3n) is 8.89. The summed E-state index contributed by atoms with van der Waals surface area (Å²) in [6.07, 6.45) is 4.64. The number of likely N-dealkylation sites (tertiary alicyclic amines) is 1. The first kappa shape index (κ1) is 31.0. The number of para-hydroxylation sites is 1. The zero-order valence-electron chi connectivity index (χ0n) is 24.9. The first-order valence-electron chi connectivity index (χ1n) is 15.0. The van der Waals surface area contributed by atoms with Crippen LogP contribution in [0.3, 0.4) is 0 Å². The Balaban J connectivity index is 1.18. The molecule has 3 aliphatic rings. The van der Waals surface area contributed by atoms with Crippen LogP contribution in [0.2, 0.25) is 6.32 Å². The molecule has 1 aromatic carbocycles. The summed E-state index contributed by atoms with van der Waals surface area (Å²) in [4.78, 5) is 32.9. The van der Waals surface area contributed by atoms with Gasteiger partial charge in [-0.2, -0.15) is 5.26 Å². The molecule has 43 heavy (non-hydrogen) atoms. The Bertz CT molecular complexity index is 1360. The van der Waals surface area contributed by atoms with E-state index in [1.807, 2.05) is 32.0 Å². The molecule has 13 heteroatoms. The van der Waals surface area contributed by atoms with Crippen molar-refractivity contribution in [3.8, 4) is 6.07 Å². The van der Waals surface area contributed by atoms with Crippen LogP contribution in [0, 0.1) is 11.3 Å². The molecule has 0 radical (unpaired) electrons. The van der Waals surface area contributed by atoms with E-state index in [2.05, 4.69) is 26.5 Å². The van der Waals surface area contributed by atoms with E-state index in [1.54, 1.807) is 17.0 Å². The average molecular weight is 593 g/mol. The van der Waals surface area contributed by atoms with Gasteiger partial charge in [0, 0.05) is 68.1 Å². The Kier molecular flexibility index (Phi) is 9.73. The van der Waals surface area contributed by atoms with Gasteiger partial charge in [-0.15, -0.1) is 0 Å². The van der Waals surface area contributed by atoms with Gasteiger partial charge in [0.2, 0.25) is 0 Å². The highest BCUT2D eigenvalue weighted by Crippen LogP contribution is 2.29. The molecule has 5 rings (SSSR count). The minimum Gasteiger partial charge on any atom is -0.464 e. The van der Waals surface area contributed by atoms with Crippen LogP contribution in [0.5, 0.6) is 0 Å². The number of piperazine rings is 1. The van der Waals surface area contributed by atoms with Crippen LogP contribution >= 0.6 is 0 Å². The van der Waals surface area contributed by atoms with E-state index in [4.69, 9.17) is 9.15 Å². The number of urea groups is 1. The van der Waals surface area contributed by atoms with Gasteiger partial charge in [-0.25, -0.2) is 4.79 Å². The van der Waals surface area contributed by atoms with Crippen molar-refractivity contribution in [2.24, 2.45) is 0 Å². The maximum atomic E-state index is 13.6. The van der Waals surface area contributed by atoms with E-state index >= 15 is 0 Å². The van der Waals surface area contributed by atoms with Gasteiger partial charge in [-0.1, -0.05) is 18.2 Å². The molecule has 4 heterocycles. The second-order valence-electron chi connectivity index (χ2n) is 12.1. The zero-order valence-corrected chi connectivity index (χ0v) is 24.9. The molecule has 3 amide bonds. The summed E-state index contributed by atoms with van der Waals surface area (Å²) in [5.41, 5.74) is 0.911. The van der Waals surface area contributed by atoms with Crippen molar-refractivity contribution >= 4 is 30.0 Å². The van der Waals surface area contributed by atoms with Gasteiger partial charge in [0.1, 0.15) is 17.2 Å². The molecule has 0 unspecified atom stereocenters. The molecule has 0 spiro atoms. The number of hydrogen-bond donors (Lipinski definition) is 4. The second-order valence-corrected chi connectivity index (χ2v) is 12.1. The molecule has 12 nitrogen and oxygen atoms in total. The first-order valence-corrected chi connectivity index (χ1v) is 15.0. The molecule has 230 valence electrons. The number of fused-ring (bicyclic) bond motifs is 1. The molecule has 3 aliphatic heterocycles. The molecule has 2 atom stereocenters. The van der Waals surface area contributed by atoms with Gasteiger partial charge >= 0.3 is 13.1 Å². The Labute approximate surface area is 252 Å². The smallest absolute Gasteiger partial charge is 0.453 e. The summed E-state index contributed by atoms with van der Waals surface area (Å²) in [5.74, 6) is -0.323. The van der Waals surface area contributed by atoms with Gasteiger partial charge in [0.15, 0.2) is 0 Å². The Morgan fingerprint density at radius 3 is 2.60 bits per heavy atom. The fraction of sp³-hybridized carbons (Fsp3) is 0.567. The highest BCUT2D eigenvalue weighted by Gasteiger charge is 2.36. The molecule has 0 saturated carbocycles. The number of nitrogens with one attached hydrogen (secondary N) is 2. The number of rotatable bonds is 10. The Hall–Kier alpha value is -3.41. The molecule has 1 aromatic heterocycles. The van der Waals surface area contributed by atoms with E-state index in [1.165, 1.54) is 6.26 Å². The number of ether oxygens (including phenoxy) is 1. The molecular weight excluding hydrogens is 551 g/mol. The fourth-order valence-electron chi connectivity index (χ4n) is 6.32. The van der Waals surface area contributed by atoms with E-state index in [-0.39, 0.29) is 30.4 Å². The minimum absolute atomic E-state index is 0.111. The van der Waals surface area contributed by atoms with Crippen LogP contribution in [-0.2, 0) is 9.53 Å². The number of benzene rings is 1. The standard InChI is InChI=1S/C30H41BN6O6/c1-30(2,36-12-10-35(11-13-36)23-18-42-19-23)14-21(16-32)28(38)37-9-5-6-22(37)17-33-29(39)34-26(15-31(40)41)25-20-43-27-8-4-3-7-24(25)27/h3-4,7-8,14,20,22-23,26,40-41H,5-6,9-13,15,17-19H2,1-2H3,(H2,33,34,39)/t22-,26-/m1/s1. The maximum Gasteiger partial charge on any atom is 0.453 e. The third kappa shape index (κ3) is 7.22. The summed E-state index contributed by atoms with van der Waals surface area (Å²) in [5, 5.41) is 35.7. The van der Waals surface area contributed by atoms with Crippen LogP contribution in [-0.4, -0.2) is 114 Å². The fourth-order valence-corrected chi connectivity index (χ4v) is 6.32. The van der Waals surface area contributed by atoms with Crippen molar-refractivity contribution in [3.63, 3.8) is 0 Å². The quantitative estimate of drug-likeness (QED) is 0.183. The summed E-state index contributed by atoms with van der Waals surface area (Å²) in [6, 6.07) is 8.50. The maximum absolute atomic E-state index is 13.6. The van der Waals surface area contributed by atoms with E-state index in [0.29, 0.717) is 30.2 Å². The molecule has 3 saturated heterocycles. The van der Waals surface area contributed by atoms with Crippen molar-refractivity contribution in [3.05, 3.63) is 47.7 Å². The second kappa shape index (κ2) is 13.5. The van der Waals surface area contributed by atoms with E-state index < -0.39 is 24.7 Å². The number of nitriles is 1. The molecule has 2 aromatic rings. The summed E-state index contributed by atoms with van der Waals surface area (Å²) in [7, 11) is -1.64. The van der Waals surface area contributed by atoms with Crippen LogP contribution in [0.15, 0.2) is 46.6 Å². The highest BCUT2D eigenvalue weighted by molar-refractivity contribution is 6.41. The van der Waals surface area contributed by atoms with Crippen molar-refractivity contribution in [2.45, 2.75) is 56.7 Å². The lowest BCUT2D eigenvalue weighted by molar-refractivity contribution is -0.127. The minimum atomic E-state index is -1.64. The van der Waals surface area contributed by atoms with Crippen LogP contribution in [0.4, 0.5) is 4.79 Å². The average Bonchev–Trinajstić information content (AvgIpc) is 3.61. The number of nitrogens with zero attached hydrogens (tertiary/aromatic N) is 4. The Morgan fingerprint density at radius 1 is 1.19 bits per heavy atom. The summed E-state index contributed by atoms with van der Waals surface area (Å²) in [6.45, 7) is 9.92. The lowest BCUT2D eigenvalue weighted by Gasteiger charge is -2.46. The number of amides is 3. The van der Waals surface area contributed by atoms with Gasteiger partial charge in [0.05, 0.1) is 31.6 Å². The van der Waals surface area contributed by atoms with Gasteiger partial charge in [-0.05, 0) is 38.8 Å². The van der Waals surface area contributed by atoms with Crippen LogP contribution < -0.4 is 10.6 Å². The van der Waals surface area contributed by atoms with Gasteiger partial charge in [-0.3, -0.25) is 14.6 Å². The summed E-state index contributed by atoms with van der Waals surface area (Å²) >= 11 is 0.